The van der Waals surface area contributed by atoms with Crippen molar-refractivity contribution in [2.45, 2.75) is 0 Å². The van der Waals surface area contributed by atoms with Gasteiger partial charge in [0.1, 0.15) is 18.3 Å². The van der Waals surface area contributed by atoms with Crippen LogP contribution in [0.1, 0.15) is 0 Å². The maximum Gasteiger partial charge on any atom is 0.173 e. The maximum atomic E-state index is 3.98. The van der Waals surface area contributed by atoms with Gasteiger partial charge in [0.25, 0.3) is 0 Å². The molecule has 2 aliphatic rings. The quantitative estimate of drug-likeness (QED) is 0.633. The first-order valence-corrected chi connectivity index (χ1v) is 3.38. The molecule has 0 bridgehead atoms. The molecule has 2 aliphatic heterocycles. The molecular formula is C5H3BrN4. The van der Waals surface area contributed by atoms with E-state index in [4.69, 9.17) is 0 Å². The minimum atomic E-state index is 0.787. The SMILES string of the molecule is Brn1cncc2ncnc1-2. The molecule has 0 saturated carbocycles. The van der Waals surface area contributed by atoms with Crippen molar-refractivity contribution < 1.29 is 0 Å². The molecule has 2 rings (SSSR count). The number of halogens is 1. The molecule has 0 aliphatic carbocycles. The molecule has 0 spiro atoms. The van der Waals surface area contributed by atoms with Gasteiger partial charge in [0.05, 0.1) is 22.3 Å². The predicted molar refractivity (Wildman–Crippen MR) is 38.8 cm³/mol. The molecule has 5 heteroatoms. The predicted octanol–water partition coefficient (Wildman–Crippen LogP) is 0.936. The summed E-state index contributed by atoms with van der Waals surface area (Å²) in [6.45, 7) is 0. The Labute approximate surface area is 65.6 Å². The third-order valence-electron chi connectivity index (χ3n) is 1.17. The molecule has 50 valence electrons. The van der Waals surface area contributed by atoms with Crippen molar-refractivity contribution in [3.05, 3.63) is 18.9 Å². The second kappa shape index (κ2) is 2.02. The van der Waals surface area contributed by atoms with E-state index >= 15 is 0 Å². The van der Waals surface area contributed by atoms with E-state index in [0.717, 1.165) is 11.5 Å². The molecular weight excluding hydrogens is 196 g/mol. The number of aromatic nitrogens is 4. The van der Waals surface area contributed by atoms with Crippen LogP contribution in [0, 0.1) is 0 Å². The summed E-state index contributed by atoms with van der Waals surface area (Å²) in [5.41, 5.74) is 0.791. The molecule has 0 aromatic carbocycles. The van der Waals surface area contributed by atoms with Crippen molar-refractivity contribution in [1.29, 1.82) is 0 Å². The highest BCUT2D eigenvalue weighted by atomic mass is 79.9. The van der Waals surface area contributed by atoms with Gasteiger partial charge >= 0.3 is 0 Å². The van der Waals surface area contributed by atoms with Crippen LogP contribution >= 0.6 is 16.1 Å². The molecule has 0 atom stereocenters. The van der Waals surface area contributed by atoms with Gasteiger partial charge in [0.15, 0.2) is 5.82 Å². The molecule has 10 heavy (non-hydrogen) atoms. The van der Waals surface area contributed by atoms with Gasteiger partial charge in [0.2, 0.25) is 0 Å². The summed E-state index contributed by atoms with van der Waals surface area (Å²) in [5, 5.41) is 0. The van der Waals surface area contributed by atoms with Crippen LogP contribution in [0.3, 0.4) is 0 Å². The Hall–Kier alpha value is -0.970. The van der Waals surface area contributed by atoms with Gasteiger partial charge in [-0.25, -0.2) is 18.5 Å². The Bertz CT molecular complexity index is 318. The summed E-state index contributed by atoms with van der Waals surface area (Å²) in [6.07, 6.45) is 4.79. The van der Waals surface area contributed by atoms with Crippen LogP contribution in [0.25, 0.3) is 11.5 Å². The summed E-state index contributed by atoms with van der Waals surface area (Å²) in [7, 11) is 0. The largest absolute Gasteiger partial charge is 0.248 e. The van der Waals surface area contributed by atoms with Crippen LogP contribution in [0.4, 0.5) is 0 Å². The molecule has 0 aromatic rings. The highest BCUT2D eigenvalue weighted by Gasteiger charge is 2.06. The van der Waals surface area contributed by atoms with E-state index in [1.165, 1.54) is 6.33 Å². The third-order valence-corrected chi connectivity index (χ3v) is 1.69. The molecule has 0 fully saturated rings. The molecule has 2 heterocycles. The van der Waals surface area contributed by atoms with Gasteiger partial charge < -0.3 is 0 Å². The van der Waals surface area contributed by atoms with Crippen LogP contribution in [0.5, 0.6) is 0 Å². The van der Waals surface area contributed by atoms with Crippen molar-refractivity contribution in [3.63, 3.8) is 0 Å². The number of hydrogen-bond donors (Lipinski definition) is 0. The average Bonchev–Trinajstić information content (AvgIpc) is 2.36. The van der Waals surface area contributed by atoms with Crippen LogP contribution in [-0.4, -0.2) is 18.5 Å². The first-order chi connectivity index (χ1) is 4.88. The summed E-state index contributed by atoms with van der Waals surface area (Å²) in [5.74, 6) is 0.787. The van der Waals surface area contributed by atoms with Crippen LogP contribution in [0.15, 0.2) is 18.9 Å². The van der Waals surface area contributed by atoms with Crippen LogP contribution in [-0.2, 0) is 0 Å². The lowest BCUT2D eigenvalue weighted by molar-refractivity contribution is 1.09. The van der Waals surface area contributed by atoms with E-state index in [2.05, 4.69) is 31.1 Å². The second-order valence-electron chi connectivity index (χ2n) is 1.79. The fourth-order valence-electron chi connectivity index (χ4n) is 0.742. The van der Waals surface area contributed by atoms with Gasteiger partial charge in [-0.15, -0.1) is 0 Å². The van der Waals surface area contributed by atoms with Gasteiger partial charge in [-0.2, -0.15) is 0 Å². The molecule has 4 nitrogen and oxygen atoms in total. The number of nitrogens with zero attached hydrogens (tertiary/aromatic N) is 4. The first-order valence-electron chi connectivity index (χ1n) is 2.67. The fourth-order valence-corrected chi connectivity index (χ4v) is 1.12. The lowest BCUT2D eigenvalue weighted by Crippen LogP contribution is -1.92. The maximum absolute atomic E-state index is 3.98. The zero-order valence-electron chi connectivity index (χ0n) is 4.90. The Kier molecular flexibility index (Phi) is 1.17. The molecule has 0 N–H and O–H groups in total. The highest BCUT2D eigenvalue weighted by molar-refractivity contribution is 9.08. The van der Waals surface area contributed by atoms with Gasteiger partial charge in [-0.05, 0) is 0 Å². The summed E-state index contributed by atoms with van der Waals surface area (Å²) >= 11 is 3.23. The smallest absolute Gasteiger partial charge is 0.173 e. The van der Waals surface area contributed by atoms with Gasteiger partial charge in [-0.1, -0.05) is 0 Å². The molecule has 0 aromatic heterocycles. The average molecular weight is 199 g/mol. The zero-order valence-corrected chi connectivity index (χ0v) is 6.48. The molecule has 0 unspecified atom stereocenters. The normalized spacial score (nSPS) is 10.5. The van der Waals surface area contributed by atoms with Crippen molar-refractivity contribution in [1.82, 2.24) is 18.5 Å². The van der Waals surface area contributed by atoms with E-state index < -0.39 is 0 Å². The Morgan fingerprint density at radius 2 is 2.30 bits per heavy atom. The summed E-state index contributed by atoms with van der Waals surface area (Å²) in [4.78, 5) is 11.8. The number of hydrogen-bond acceptors (Lipinski definition) is 3. The molecule has 0 amide bonds. The Morgan fingerprint density at radius 1 is 1.40 bits per heavy atom. The van der Waals surface area contributed by atoms with Crippen molar-refractivity contribution in [2.24, 2.45) is 0 Å². The van der Waals surface area contributed by atoms with E-state index in [0.29, 0.717) is 0 Å². The standard InChI is InChI=1S/C5H3BrN4/c6-10-3-7-1-4-5(10)9-2-8-4/h1-3H. The number of rotatable bonds is 0. The Balaban J connectivity index is 2.80. The van der Waals surface area contributed by atoms with E-state index in [1.54, 1.807) is 16.1 Å². The van der Waals surface area contributed by atoms with Gasteiger partial charge in [-0.3, -0.25) is 0 Å². The highest BCUT2D eigenvalue weighted by Crippen LogP contribution is 2.15. The van der Waals surface area contributed by atoms with Crippen molar-refractivity contribution >= 4 is 16.1 Å². The molecule has 0 saturated heterocycles. The van der Waals surface area contributed by atoms with Crippen molar-refractivity contribution in [3.8, 4) is 11.5 Å². The van der Waals surface area contributed by atoms with Crippen molar-refractivity contribution in [2.75, 3.05) is 0 Å². The topological polar surface area (TPSA) is 43.6 Å². The molecule has 0 radical (unpaired) electrons. The zero-order chi connectivity index (χ0) is 6.97. The van der Waals surface area contributed by atoms with Gasteiger partial charge in [0, 0.05) is 0 Å². The summed E-state index contributed by atoms with van der Waals surface area (Å²) < 4.78 is 1.65. The van der Waals surface area contributed by atoms with E-state index in [1.807, 2.05) is 0 Å². The van der Waals surface area contributed by atoms with E-state index in [-0.39, 0.29) is 0 Å². The third kappa shape index (κ3) is 0.706. The number of fused-ring (bicyclic) bond motifs is 1. The minimum Gasteiger partial charge on any atom is -0.248 e. The lowest BCUT2D eigenvalue weighted by Gasteiger charge is -1.97. The fraction of sp³-hybridized carbons (Fsp3) is 0. The van der Waals surface area contributed by atoms with Crippen LogP contribution < -0.4 is 0 Å². The lowest BCUT2D eigenvalue weighted by atomic mass is 10.4. The second-order valence-corrected chi connectivity index (χ2v) is 2.55. The monoisotopic (exact) mass is 198 g/mol. The first kappa shape index (κ1) is 5.79. The van der Waals surface area contributed by atoms with E-state index in [9.17, 15) is 0 Å². The van der Waals surface area contributed by atoms with Crippen LogP contribution in [0.2, 0.25) is 0 Å². The number of imidazole rings is 1. The summed E-state index contributed by atoms with van der Waals surface area (Å²) in [6, 6.07) is 0. The minimum absolute atomic E-state index is 0.787. The Morgan fingerprint density at radius 3 is 3.10 bits per heavy atom.